The average Bonchev–Trinajstić information content (AvgIpc) is 3.22. The summed E-state index contributed by atoms with van der Waals surface area (Å²) in [4.78, 5) is 16.7. The third-order valence-corrected chi connectivity index (χ3v) is 5.31. The standard InChI is InChI=1S/C22H16F3N5OS/c23-22(24,25)16-10-4-5-11-17(16)27-19(31)14-32-21-29-28-20(18-12-6-7-13-26-18)30(21)15-8-2-1-3-9-15/h1-13H,14H2,(H,27,31). The fourth-order valence-electron chi connectivity index (χ4n) is 2.99. The Hall–Kier alpha value is -3.66. The number of anilines is 1. The first-order valence-electron chi connectivity index (χ1n) is 9.44. The lowest BCUT2D eigenvalue weighted by Gasteiger charge is -2.13. The van der Waals surface area contributed by atoms with E-state index in [0.29, 0.717) is 16.7 Å². The van der Waals surface area contributed by atoms with Crippen molar-refractivity contribution in [2.24, 2.45) is 0 Å². The van der Waals surface area contributed by atoms with Crippen molar-refractivity contribution in [3.63, 3.8) is 0 Å². The molecule has 0 aliphatic rings. The van der Waals surface area contributed by atoms with Gasteiger partial charge in [0.05, 0.1) is 17.0 Å². The van der Waals surface area contributed by atoms with Crippen molar-refractivity contribution in [3.8, 4) is 17.2 Å². The number of nitrogens with one attached hydrogen (secondary N) is 1. The number of carbonyl (C=O) groups excluding carboxylic acids is 1. The number of para-hydroxylation sites is 2. The van der Waals surface area contributed by atoms with Gasteiger partial charge in [-0.05, 0) is 36.4 Å². The van der Waals surface area contributed by atoms with Gasteiger partial charge >= 0.3 is 6.18 Å². The summed E-state index contributed by atoms with van der Waals surface area (Å²) in [6, 6.07) is 19.5. The zero-order valence-electron chi connectivity index (χ0n) is 16.5. The molecule has 1 amide bonds. The van der Waals surface area contributed by atoms with E-state index >= 15 is 0 Å². The van der Waals surface area contributed by atoms with Crippen LogP contribution in [0.4, 0.5) is 18.9 Å². The van der Waals surface area contributed by atoms with Crippen LogP contribution < -0.4 is 5.32 Å². The van der Waals surface area contributed by atoms with Gasteiger partial charge in [-0.25, -0.2) is 0 Å². The molecule has 2 heterocycles. The molecule has 0 spiro atoms. The molecule has 32 heavy (non-hydrogen) atoms. The van der Waals surface area contributed by atoms with Gasteiger partial charge in [-0.2, -0.15) is 13.2 Å². The number of nitrogens with zero attached hydrogens (tertiary/aromatic N) is 4. The predicted molar refractivity (Wildman–Crippen MR) is 115 cm³/mol. The molecule has 10 heteroatoms. The van der Waals surface area contributed by atoms with Gasteiger partial charge in [-0.1, -0.05) is 48.2 Å². The van der Waals surface area contributed by atoms with E-state index in [1.165, 1.54) is 18.2 Å². The zero-order chi connectivity index (χ0) is 22.6. The van der Waals surface area contributed by atoms with Gasteiger partial charge in [0.25, 0.3) is 0 Å². The van der Waals surface area contributed by atoms with E-state index in [0.717, 1.165) is 23.5 Å². The van der Waals surface area contributed by atoms with E-state index in [1.54, 1.807) is 22.9 Å². The van der Waals surface area contributed by atoms with Crippen LogP contribution in [0.15, 0.2) is 84.1 Å². The van der Waals surface area contributed by atoms with Crippen LogP contribution in [-0.2, 0) is 11.0 Å². The number of halogens is 3. The molecule has 1 N–H and O–H groups in total. The topological polar surface area (TPSA) is 72.7 Å². The quantitative estimate of drug-likeness (QED) is 0.411. The first-order chi connectivity index (χ1) is 15.4. The van der Waals surface area contributed by atoms with Gasteiger partial charge in [0.1, 0.15) is 5.69 Å². The molecule has 0 saturated heterocycles. The Balaban J connectivity index is 1.57. The van der Waals surface area contributed by atoms with Crippen molar-refractivity contribution >= 4 is 23.4 Å². The third kappa shape index (κ3) is 4.80. The van der Waals surface area contributed by atoms with Crippen LogP contribution in [0, 0.1) is 0 Å². The summed E-state index contributed by atoms with van der Waals surface area (Å²) in [5.41, 5.74) is 0.176. The van der Waals surface area contributed by atoms with Gasteiger partial charge < -0.3 is 5.32 Å². The Labute approximate surface area is 185 Å². The molecule has 0 unspecified atom stereocenters. The van der Waals surface area contributed by atoms with Gasteiger partial charge in [-0.15, -0.1) is 10.2 Å². The van der Waals surface area contributed by atoms with Crippen LogP contribution in [0.3, 0.4) is 0 Å². The minimum absolute atomic E-state index is 0.153. The molecule has 0 atom stereocenters. The highest BCUT2D eigenvalue weighted by Crippen LogP contribution is 2.34. The largest absolute Gasteiger partial charge is 0.418 e. The highest BCUT2D eigenvalue weighted by atomic mass is 32.2. The van der Waals surface area contributed by atoms with Crippen molar-refractivity contribution in [2.75, 3.05) is 11.1 Å². The van der Waals surface area contributed by atoms with E-state index in [2.05, 4.69) is 20.5 Å². The summed E-state index contributed by atoms with van der Waals surface area (Å²) >= 11 is 1.07. The van der Waals surface area contributed by atoms with Gasteiger partial charge in [-0.3, -0.25) is 14.3 Å². The van der Waals surface area contributed by atoms with E-state index in [1.807, 2.05) is 36.4 Å². The van der Waals surface area contributed by atoms with Gasteiger partial charge in [0.15, 0.2) is 11.0 Å². The molecule has 0 saturated carbocycles. The number of amides is 1. The average molecular weight is 455 g/mol. The number of hydrogen-bond donors (Lipinski definition) is 1. The molecular weight excluding hydrogens is 439 g/mol. The Morgan fingerprint density at radius 3 is 2.38 bits per heavy atom. The molecule has 0 aliphatic carbocycles. The number of hydrogen-bond acceptors (Lipinski definition) is 5. The molecule has 0 bridgehead atoms. The second-order valence-corrected chi connectivity index (χ2v) is 7.51. The van der Waals surface area contributed by atoms with Crippen LogP contribution in [0.25, 0.3) is 17.2 Å². The first-order valence-corrected chi connectivity index (χ1v) is 10.4. The summed E-state index contributed by atoms with van der Waals surface area (Å²) < 4.78 is 41.3. The predicted octanol–water partition coefficient (Wildman–Crippen LogP) is 5.08. The van der Waals surface area contributed by atoms with Crippen molar-refractivity contribution in [1.82, 2.24) is 19.7 Å². The maximum atomic E-state index is 13.2. The Morgan fingerprint density at radius 2 is 1.66 bits per heavy atom. The Bertz CT molecular complexity index is 1210. The number of thioether (sulfide) groups is 1. The highest BCUT2D eigenvalue weighted by Gasteiger charge is 2.33. The molecular formula is C22H16F3N5OS. The minimum Gasteiger partial charge on any atom is -0.325 e. The molecule has 0 radical (unpaired) electrons. The monoisotopic (exact) mass is 455 g/mol. The van der Waals surface area contributed by atoms with E-state index in [9.17, 15) is 18.0 Å². The Kier molecular flexibility index (Phi) is 6.22. The summed E-state index contributed by atoms with van der Waals surface area (Å²) in [6.45, 7) is 0. The highest BCUT2D eigenvalue weighted by molar-refractivity contribution is 7.99. The number of benzene rings is 2. The van der Waals surface area contributed by atoms with E-state index in [4.69, 9.17) is 0 Å². The van der Waals surface area contributed by atoms with Crippen molar-refractivity contribution in [2.45, 2.75) is 11.3 Å². The summed E-state index contributed by atoms with van der Waals surface area (Å²) in [5.74, 6) is -0.254. The maximum absolute atomic E-state index is 13.2. The molecule has 4 aromatic rings. The molecule has 162 valence electrons. The second-order valence-electron chi connectivity index (χ2n) is 6.57. The molecule has 2 aromatic carbocycles. The third-order valence-electron chi connectivity index (χ3n) is 4.38. The number of alkyl halides is 3. The van der Waals surface area contributed by atoms with Gasteiger partial charge in [0.2, 0.25) is 5.91 Å². The van der Waals surface area contributed by atoms with E-state index < -0.39 is 17.6 Å². The Morgan fingerprint density at radius 1 is 0.938 bits per heavy atom. The number of carbonyl (C=O) groups is 1. The van der Waals surface area contributed by atoms with Crippen LogP contribution in [0.1, 0.15) is 5.56 Å². The lowest BCUT2D eigenvalue weighted by molar-refractivity contribution is -0.137. The smallest absolute Gasteiger partial charge is 0.325 e. The summed E-state index contributed by atoms with van der Waals surface area (Å²) in [7, 11) is 0. The molecule has 0 fully saturated rings. The number of aromatic nitrogens is 4. The second kappa shape index (κ2) is 9.23. The normalized spacial score (nSPS) is 11.3. The lowest BCUT2D eigenvalue weighted by atomic mass is 10.1. The van der Waals surface area contributed by atoms with Crippen LogP contribution in [-0.4, -0.2) is 31.4 Å². The SMILES string of the molecule is O=C(CSc1nnc(-c2ccccn2)n1-c1ccccc1)Nc1ccccc1C(F)(F)F. The van der Waals surface area contributed by atoms with Crippen molar-refractivity contribution in [3.05, 3.63) is 84.6 Å². The van der Waals surface area contributed by atoms with Crippen molar-refractivity contribution in [1.29, 1.82) is 0 Å². The number of pyridine rings is 1. The van der Waals surface area contributed by atoms with Crippen LogP contribution in [0.5, 0.6) is 0 Å². The summed E-state index contributed by atoms with van der Waals surface area (Å²) in [5, 5.41) is 11.1. The van der Waals surface area contributed by atoms with Crippen LogP contribution >= 0.6 is 11.8 Å². The van der Waals surface area contributed by atoms with Crippen molar-refractivity contribution < 1.29 is 18.0 Å². The summed E-state index contributed by atoms with van der Waals surface area (Å²) in [6.07, 6.45) is -2.93. The molecule has 0 aliphatic heterocycles. The maximum Gasteiger partial charge on any atom is 0.418 e. The van der Waals surface area contributed by atoms with Gasteiger partial charge in [0, 0.05) is 11.9 Å². The minimum atomic E-state index is -4.57. The van der Waals surface area contributed by atoms with Crippen LogP contribution in [0.2, 0.25) is 0 Å². The fourth-order valence-corrected chi connectivity index (χ4v) is 3.74. The fraction of sp³-hybridized carbons (Fsp3) is 0.0909. The molecule has 4 rings (SSSR count). The first kappa shape index (κ1) is 21.6. The lowest BCUT2D eigenvalue weighted by Crippen LogP contribution is -2.18. The molecule has 2 aromatic heterocycles. The van der Waals surface area contributed by atoms with E-state index in [-0.39, 0.29) is 11.4 Å². The molecule has 6 nitrogen and oxygen atoms in total. The zero-order valence-corrected chi connectivity index (χ0v) is 17.3. The number of rotatable bonds is 6.